The molecule has 1 heterocycles. The van der Waals surface area contributed by atoms with Gasteiger partial charge in [0.1, 0.15) is 5.82 Å². The van der Waals surface area contributed by atoms with E-state index in [1.54, 1.807) is 0 Å². The van der Waals surface area contributed by atoms with Crippen LogP contribution in [0, 0.1) is 23.9 Å². The van der Waals surface area contributed by atoms with E-state index in [1.807, 2.05) is 6.42 Å². The van der Waals surface area contributed by atoms with Crippen LogP contribution in [0.3, 0.4) is 0 Å². The Kier molecular flexibility index (Phi) is 3.27. The van der Waals surface area contributed by atoms with Crippen molar-refractivity contribution in [1.82, 2.24) is 0 Å². The van der Waals surface area contributed by atoms with Gasteiger partial charge < -0.3 is 9.47 Å². The maximum Gasteiger partial charge on any atom is 0.168 e. The lowest BCUT2D eigenvalue weighted by molar-refractivity contribution is -0.169. The largest absolute Gasteiger partial charge is 0.348 e. The third kappa shape index (κ3) is 2.37. The van der Waals surface area contributed by atoms with E-state index in [9.17, 15) is 13.2 Å². The first-order chi connectivity index (χ1) is 9.10. The predicted molar refractivity (Wildman–Crippen MR) is 61.8 cm³/mol. The SMILES string of the molecule is Fc1cc(F)c([C@@H]2[CH]CC3(CC2)OCCO3)cc1F. The zero-order valence-electron chi connectivity index (χ0n) is 10.3. The maximum atomic E-state index is 13.7. The number of hydrogen-bond acceptors (Lipinski definition) is 2. The van der Waals surface area contributed by atoms with Crippen LogP contribution in [0.4, 0.5) is 13.2 Å². The summed E-state index contributed by atoms with van der Waals surface area (Å²) in [5.74, 6) is -3.68. The van der Waals surface area contributed by atoms with Gasteiger partial charge >= 0.3 is 0 Å². The van der Waals surface area contributed by atoms with Gasteiger partial charge in [0.2, 0.25) is 0 Å². The molecule has 0 N–H and O–H groups in total. The Labute approximate surface area is 109 Å². The molecule has 1 aliphatic carbocycles. The fourth-order valence-electron chi connectivity index (χ4n) is 2.78. The molecule has 1 aliphatic heterocycles. The van der Waals surface area contributed by atoms with Crippen LogP contribution in [0.2, 0.25) is 0 Å². The first-order valence-corrected chi connectivity index (χ1v) is 6.35. The summed E-state index contributed by atoms with van der Waals surface area (Å²) in [7, 11) is 0. The molecule has 1 aromatic rings. The molecular formula is C14H14F3O2. The quantitative estimate of drug-likeness (QED) is 0.729. The van der Waals surface area contributed by atoms with Gasteiger partial charge in [0.25, 0.3) is 0 Å². The van der Waals surface area contributed by atoms with Crippen LogP contribution in [-0.2, 0) is 9.47 Å². The third-order valence-corrected chi connectivity index (χ3v) is 3.80. The molecule has 1 saturated carbocycles. The number of benzene rings is 1. The molecule has 1 saturated heterocycles. The summed E-state index contributed by atoms with van der Waals surface area (Å²) in [5, 5.41) is 0. The highest BCUT2D eigenvalue weighted by atomic mass is 19.2. The standard InChI is InChI=1S/C14H14F3O2/c15-11-8-13(17)12(16)7-10(11)9-1-3-14(4-2-9)18-5-6-19-14/h1,7-9H,2-6H2/t9-/m1/s1. The zero-order chi connectivity index (χ0) is 13.5. The third-order valence-electron chi connectivity index (χ3n) is 3.80. The maximum absolute atomic E-state index is 13.7. The molecule has 3 rings (SSSR count). The molecule has 2 aliphatic rings. The van der Waals surface area contributed by atoms with Crippen molar-refractivity contribution in [3.05, 3.63) is 41.6 Å². The number of halogens is 3. The van der Waals surface area contributed by atoms with Crippen molar-refractivity contribution >= 4 is 0 Å². The first-order valence-electron chi connectivity index (χ1n) is 6.35. The first kappa shape index (κ1) is 12.9. The van der Waals surface area contributed by atoms with Crippen molar-refractivity contribution in [2.75, 3.05) is 13.2 Å². The van der Waals surface area contributed by atoms with Gasteiger partial charge in [-0.1, -0.05) is 0 Å². The Morgan fingerprint density at radius 2 is 1.68 bits per heavy atom. The van der Waals surface area contributed by atoms with Crippen LogP contribution < -0.4 is 0 Å². The minimum Gasteiger partial charge on any atom is -0.348 e. The van der Waals surface area contributed by atoms with Crippen LogP contribution in [0.25, 0.3) is 0 Å². The van der Waals surface area contributed by atoms with Crippen LogP contribution in [0.15, 0.2) is 12.1 Å². The second-order valence-electron chi connectivity index (χ2n) is 4.98. The number of rotatable bonds is 1. The summed E-state index contributed by atoms with van der Waals surface area (Å²) in [6.07, 6.45) is 3.63. The molecule has 5 heteroatoms. The van der Waals surface area contributed by atoms with Gasteiger partial charge in [0.05, 0.1) is 13.2 Å². The lowest BCUT2D eigenvalue weighted by Gasteiger charge is -2.35. The highest BCUT2D eigenvalue weighted by molar-refractivity contribution is 5.27. The van der Waals surface area contributed by atoms with Gasteiger partial charge in [-0.05, 0) is 30.4 Å². The molecule has 1 atom stereocenters. The summed E-state index contributed by atoms with van der Waals surface area (Å²) in [5.41, 5.74) is 0.201. The topological polar surface area (TPSA) is 18.5 Å². The van der Waals surface area contributed by atoms with Gasteiger partial charge in [-0.25, -0.2) is 13.2 Å². The van der Waals surface area contributed by atoms with Crippen LogP contribution in [0.5, 0.6) is 0 Å². The van der Waals surface area contributed by atoms with Crippen molar-refractivity contribution in [2.24, 2.45) is 0 Å². The van der Waals surface area contributed by atoms with E-state index in [1.165, 1.54) is 0 Å². The molecule has 103 valence electrons. The molecule has 1 spiro atoms. The fraction of sp³-hybridized carbons (Fsp3) is 0.500. The average Bonchev–Trinajstić information content (AvgIpc) is 2.84. The zero-order valence-corrected chi connectivity index (χ0v) is 10.3. The summed E-state index contributed by atoms with van der Waals surface area (Å²) in [6.45, 7) is 1.14. The smallest absolute Gasteiger partial charge is 0.168 e. The van der Waals surface area contributed by atoms with Crippen molar-refractivity contribution in [2.45, 2.75) is 31.0 Å². The lowest BCUT2D eigenvalue weighted by Crippen LogP contribution is -2.35. The van der Waals surface area contributed by atoms with Crippen molar-refractivity contribution in [1.29, 1.82) is 0 Å². The Morgan fingerprint density at radius 1 is 1.00 bits per heavy atom. The summed E-state index contributed by atoms with van der Waals surface area (Å²) in [4.78, 5) is 0. The highest BCUT2D eigenvalue weighted by Gasteiger charge is 2.41. The van der Waals surface area contributed by atoms with E-state index in [-0.39, 0.29) is 11.5 Å². The van der Waals surface area contributed by atoms with Crippen LogP contribution in [0.1, 0.15) is 30.7 Å². The van der Waals surface area contributed by atoms with Crippen LogP contribution >= 0.6 is 0 Å². The lowest BCUT2D eigenvalue weighted by atomic mass is 9.81. The molecular weight excluding hydrogens is 257 g/mol. The molecule has 19 heavy (non-hydrogen) atoms. The predicted octanol–water partition coefficient (Wildman–Crippen LogP) is 3.32. The molecule has 0 bridgehead atoms. The van der Waals surface area contributed by atoms with E-state index in [2.05, 4.69) is 0 Å². The number of hydrogen-bond donors (Lipinski definition) is 0. The van der Waals surface area contributed by atoms with Crippen molar-refractivity contribution in [3.63, 3.8) is 0 Å². The fourth-order valence-corrected chi connectivity index (χ4v) is 2.78. The molecule has 2 nitrogen and oxygen atoms in total. The monoisotopic (exact) mass is 271 g/mol. The van der Waals surface area contributed by atoms with Gasteiger partial charge in [-0.3, -0.25) is 0 Å². The Morgan fingerprint density at radius 3 is 2.32 bits per heavy atom. The Hall–Kier alpha value is -1.07. The molecule has 1 aromatic carbocycles. The average molecular weight is 271 g/mol. The summed E-state index contributed by atoms with van der Waals surface area (Å²) in [6, 6.07) is 1.55. The van der Waals surface area contributed by atoms with E-state index in [0.717, 1.165) is 6.07 Å². The summed E-state index contributed by atoms with van der Waals surface area (Å²) < 4.78 is 50.9. The minimum atomic E-state index is -1.16. The van der Waals surface area contributed by atoms with Crippen molar-refractivity contribution in [3.8, 4) is 0 Å². The van der Waals surface area contributed by atoms with E-state index < -0.39 is 23.2 Å². The second-order valence-corrected chi connectivity index (χ2v) is 4.98. The van der Waals surface area contributed by atoms with Gasteiger partial charge in [0, 0.05) is 18.9 Å². The van der Waals surface area contributed by atoms with E-state index >= 15 is 0 Å². The normalized spacial score (nSPS) is 23.1. The van der Waals surface area contributed by atoms with E-state index in [0.29, 0.717) is 38.5 Å². The second kappa shape index (κ2) is 4.80. The molecule has 0 unspecified atom stereocenters. The van der Waals surface area contributed by atoms with Crippen molar-refractivity contribution < 1.29 is 22.6 Å². The summed E-state index contributed by atoms with van der Waals surface area (Å²) >= 11 is 0. The molecule has 1 radical (unpaired) electrons. The van der Waals surface area contributed by atoms with Gasteiger partial charge in [-0.15, -0.1) is 0 Å². The van der Waals surface area contributed by atoms with E-state index in [4.69, 9.17) is 9.47 Å². The molecule has 0 amide bonds. The van der Waals surface area contributed by atoms with Gasteiger partial charge in [0.15, 0.2) is 17.4 Å². The van der Waals surface area contributed by atoms with Gasteiger partial charge in [-0.2, -0.15) is 0 Å². The number of ether oxygens (including phenoxy) is 2. The molecule has 2 fully saturated rings. The molecule has 0 aromatic heterocycles. The Bertz CT molecular complexity index is 474. The minimum absolute atomic E-state index is 0.201. The highest BCUT2D eigenvalue weighted by Crippen LogP contribution is 2.42. The van der Waals surface area contributed by atoms with Crippen LogP contribution in [-0.4, -0.2) is 19.0 Å². The Balaban J connectivity index is 1.76.